The number of halogens is 1. The first-order valence-electron chi connectivity index (χ1n) is 19.6. The zero-order chi connectivity index (χ0) is 42.1. The van der Waals surface area contributed by atoms with Crippen LogP contribution in [0.15, 0.2) is 102 Å². The third-order valence-electron chi connectivity index (χ3n) is 11.5. The highest BCUT2D eigenvalue weighted by atomic mass is 35.5. The van der Waals surface area contributed by atoms with Gasteiger partial charge in [0.15, 0.2) is 0 Å². The van der Waals surface area contributed by atoms with Crippen LogP contribution in [0.3, 0.4) is 0 Å². The van der Waals surface area contributed by atoms with Crippen molar-refractivity contribution in [1.29, 1.82) is 5.26 Å². The second kappa shape index (κ2) is 17.0. The van der Waals surface area contributed by atoms with Crippen LogP contribution in [0, 0.1) is 37.0 Å². The van der Waals surface area contributed by atoms with Crippen molar-refractivity contribution in [2.75, 3.05) is 26.2 Å². The number of hydrogen-bond donors (Lipinski definition) is 2. The van der Waals surface area contributed by atoms with Gasteiger partial charge in [0, 0.05) is 86.1 Å². The monoisotopic (exact) mass is 823 g/mol. The molecule has 0 atom stereocenters. The minimum absolute atomic E-state index is 0.110. The maximum atomic E-state index is 13.4. The Morgan fingerprint density at radius 3 is 2.12 bits per heavy atom. The third-order valence-corrected chi connectivity index (χ3v) is 11.8. The fourth-order valence-electron chi connectivity index (χ4n) is 7.98. The summed E-state index contributed by atoms with van der Waals surface area (Å²) in [7, 11) is 0. The molecule has 0 aliphatic carbocycles. The number of carboxylic acids is 2. The summed E-state index contributed by atoms with van der Waals surface area (Å²) in [6, 6.07) is 27.5. The van der Waals surface area contributed by atoms with Crippen LogP contribution in [0.2, 0.25) is 5.02 Å². The van der Waals surface area contributed by atoms with E-state index in [-0.39, 0.29) is 24.7 Å². The molecule has 8 rings (SSSR count). The lowest BCUT2D eigenvalue weighted by molar-refractivity contribution is -0.148. The minimum Gasteiger partial charge on any atom is -0.488 e. The number of rotatable bonds is 14. The summed E-state index contributed by atoms with van der Waals surface area (Å²) in [6.07, 6.45) is 4.94. The number of fused-ring (bicyclic) bond motifs is 1. The first-order chi connectivity index (χ1) is 28.9. The molecule has 0 spiro atoms. The molecule has 0 bridgehead atoms. The number of hydrogen-bond acceptors (Lipinski definition) is 9. The molecule has 12 nitrogen and oxygen atoms in total. The second-order valence-corrected chi connectivity index (χ2v) is 16.0. The number of likely N-dealkylation sites (tertiary alicyclic amines) is 2. The van der Waals surface area contributed by atoms with Crippen molar-refractivity contribution >= 4 is 29.1 Å². The molecule has 2 saturated heterocycles. The Kier molecular flexibility index (Phi) is 11.4. The van der Waals surface area contributed by atoms with Crippen molar-refractivity contribution < 1.29 is 29.3 Å². The number of carboxylic acid groups (broad SMARTS) is 2. The Hall–Kier alpha value is -6.52. The normalized spacial score (nSPS) is 14.6. The van der Waals surface area contributed by atoms with E-state index in [0.717, 1.165) is 55.6 Å². The van der Waals surface area contributed by atoms with Crippen molar-refractivity contribution in [3.8, 4) is 39.8 Å². The molecule has 2 aliphatic heterocycles. The van der Waals surface area contributed by atoms with E-state index in [2.05, 4.69) is 43.1 Å². The fraction of sp³-hybridized carbons (Fsp3) is 0.255. The molecule has 2 fully saturated rings. The number of aliphatic carboxylic acids is 2. The van der Waals surface area contributed by atoms with Gasteiger partial charge in [0.1, 0.15) is 30.8 Å². The van der Waals surface area contributed by atoms with E-state index in [1.165, 1.54) is 6.20 Å². The quantitative estimate of drug-likeness (QED) is 0.113. The average molecular weight is 824 g/mol. The summed E-state index contributed by atoms with van der Waals surface area (Å²) in [5, 5.41) is 28.3. The highest BCUT2D eigenvalue weighted by Crippen LogP contribution is 2.38. The van der Waals surface area contributed by atoms with Crippen molar-refractivity contribution in [1.82, 2.24) is 19.2 Å². The fourth-order valence-corrected chi connectivity index (χ4v) is 8.22. The molecule has 3 aromatic carbocycles. The summed E-state index contributed by atoms with van der Waals surface area (Å²) in [4.78, 5) is 44.2. The molecule has 5 heterocycles. The Morgan fingerprint density at radius 1 is 0.767 bits per heavy atom. The third kappa shape index (κ3) is 8.33. The highest BCUT2D eigenvalue weighted by molar-refractivity contribution is 6.32. The lowest BCUT2D eigenvalue weighted by atomic mass is 9.89. The Labute approximate surface area is 351 Å². The van der Waals surface area contributed by atoms with E-state index < -0.39 is 17.9 Å². The van der Waals surface area contributed by atoms with Gasteiger partial charge in [-0.05, 0) is 83.1 Å². The van der Waals surface area contributed by atoms with Gasteiger partial charge >= 0.3 is 11.9 Å². The molecular weight excluding hydrogens is 782 g/mol. The summed E-state index contributed by atoms with van der Waals surface area (Å²) in [6.45, 7) is 7.18. The molecular formula is C47H42ClN5O7. The molecule has 0 amide bonds. The van der Waals surface area contributed by atoms with Crippen LogP contribution < -0.4 is 15.0 Å². The molecule has 2 aliphatic rings. The largest absolute Gasteiger partial charge is 0.488 e. The zero-order valence-electron chi connectivity index (χ0n) is 33.1. The smallest absolute Gasteiger partial charge is 0.309 e. The first-order valence-corrected chi connectivity index (χ1v) is 20.0. The number of pyridine rings is 3. The van der Waals surface area contributed by atoms with E-state index in [9.17, 15) is 29.9 Å². The van der Waals surface area contributed by atoms with Crippen molar-refractivity contribution in [3.63, 3.8) is 0 Å². The van der Waals surface area contributed by atoms with Gasteiger partial charge < -0.3 is 19.7 Å². The molecule has 0 saturated carbocycles. The lowest BCUT2D eigenvalue weighted by Gasteiger charge is -2.37. The van der Waals surface area contributed by atoms with Gasteiger partial charge in [0.05, 0.1) is 22.4 Å². The number of carbonyl (C=O) groups is 2. The van der Waals surface area contributed by atoms with Gasteiger partial charge in [-0.1, -0.05) is 54.1 Å². The van der Waals surface area contributed by atoms with Gasteiger partial charge in [0.2, 0.25) is 0 Å². The van der Waals surface area contributed by atoms with E-state index in [4.69, 9.17) is 21.1 Å². The minimum atomic E-state index is -0.811. The first kappa shape index (κ1) is 40.3. The van der Waals surface area contributed by atoms with Crippen molar-refractivity contribution in [2.45, 2.75) is 40.2 Å². The van der Waals surface area contributed by atoms with Crippen LogP contribution in [0.25, 0.3) is 27.8 Å². The average Bonchev–Trinajstić information content (AvgIpc) is 3.20. The Balaban J connectivity index is 1.01. The van der Waals surface area contributed by atoms with Crippen LogP contribution in [-0.2, 0) is 35.9 Å². The number of nitriles is 1. The molecule has 0 radical (unpaired) electrons. The number of aromatic nitrogens is 2. The maximum absolute atomic E-state index is 13.4. The van der Waals surface area contributed by atoms with E-state index in [0.29, 0.717) is 66.9 Å². The van der Waals surface area contributed by atoms with Crippen molar-refractivity contribution in [3.05, 3.63) is 152 Å². The lowest BCUT2D eigenvalue weighted by Crippen LogP contribution is -2.50. The molecule has 2 N–H and O–H groups in total. The van der Waals surface area contributed by atoms with E-state index in [1.807, 2.05) is 52.3 Å². The molecule has 0 unspecified atom stereocenters. The predicted molar refractivity (Wildman–Crippen MR) is 226 cm³/mol. The van der Waals surface area contributed by atoms with Gasteiger partial charge in [0.25, 0.3) is 5.56 Å². The van der Waals surface area contributed by atoms with E-state index >= 15 is 0 Å². The van der Waals surface area contributed by atoms with Gasteiger partial charge in [-0.2, -0.15) is 5.26 Å². The summed E-state index contributed by atoms with van der Waals surface area (Å²) < 4.78 is 14.3. The summed E-state index contributed by atoms with van der Waals surface area (Å²) >= 11 is 6.83. The molecule has 60 heavy (non-hydrogen) atoms. The zero-order valence-corrected chi connectivity index (χ0v) is 33.9. The molecule has 13 heteroatoms. The van der Waals surface area contributed by atoms with Gasteiger partial charge in [-0.3, -0.25) is 33.6 Å². The Morgan fingerprint density at radius 2 is 1.42 bits per heavy atom. The highest BCUT2D eigenvalue weighted by Gasteiger charge is 2.34. The number of ether oxygens (including phenoxy) is 2. The van der Waals surface area contributed by atoms with Crippen LogP contribution >= 0.6 is 11.6 Å². The predicted octanol–water partition coefficient (Wildman–Crippen LogP) is 7.36. The van der Waals surface area contributed by atoms with Crippen LogP contribution in [0.1, 0.15) is 38.9 Å². The Bertz CT molecular complexity index is 2750. The van der Waals surface area contributed by atoms with Crippen molar-refractivity contribution in [2.24, 2.45) is 11.8 Å². The molecule has 304 valence electrons. The summed E-state index contributed by atoms with van der Waals surface area (Å²) in [5.41, 5.74) is 10.5. The molecule has 6 aromatic rings. The SMILES string of the molecule is Cc1c(COc2cc(OCc3cncc(C#N)c3)c(CN3CC(C(=O)O)C3)cc2Cl)cccc1-c1cccc(-c2ccn3c(=O)c(CN4CC(C(=O)O)C4)ccc3c2)c1C. The van der Waals surface area contributed by atoms with Gasteiger partial charge in [-0.15, -0.1) is 0 Å². The molecule has 3 aromatic heterocycles. The standard InChI is InChI=1S/C47H42ClN5O7/c1-28-34(27-60-44-16-43(59-26-31-13-30(17-49)18-50-19-31)35(15-42(44)48)21-52-24-37(25-52)47(57)58)5-3-7-40(28)41-8-4-6-39(29(41)2)32-11-12-53-38(14-32)10-9-33(45(53)54)20-51-22-36(23-51)46(55)56/h3-16,18-19,36-37H,20-27H2,1-2H3,(H,55,56)(H,57,58). The maximum Gasteiger partial charge on any atom is 0.309 e. The number of benzene rings is 3. The number of nitrogens with zero attached hydrogens (tertiary/aromatic N) is 5. The summed E-state index contributed by atoms with van der Waals surface area (Å²) in [5.74, 6) is -1.42. The van der Waals surface area contributed by atoms with Crippen LogP contribution in [0.4, 0.5) is 0 Å². The van der Waals surface area contributed by atoms with Crippen LogP contribution in [-0.4, -0.2) is 67.5 Å². The second-order valence-electron chi connectivity index (χ2n) is 15.6. The van der Waals surface area contributed by atoms with E-state index in [1.54, 1.807) is 35.0 Å². The topological polar surface area (TPSA) is 158 Å². The van der Waals surface area contributed by atoms with Gasteiger partial charge in [-0.25, -0.2) is 0 Å². The van der Waals surface area contributed by atoms with Crippen LogP contribution in [0.5, 0.6) is 11.5 Å².